The summed E-state index contributed by atoms with van der Waals surface area (Å²) >= 11 is 6.08. The summed E-state index contributed by atoms with van der Waals surface area (Å²) < 4.78 is 6.21. The fourth-order valence-electron chi connectivity index (χ4n) is 2.25. The molecule has 0 bridgehead atoms. The number of benzene rings is 2. The number of nitrogens with zero attached hydrogens (tertiary/aromatic N) is 1. The van der Waals surface area contributed by atoms with Gasteiger partial charge in [0.15, 0.2) is 0 Å². The molecule has 0 amide bonds. The van der Waals surface area contributed by atoms with E-state index in [0.717, 1.165) is 4.57 Å². The zero-order chi connectivity index (χ0) is 15.0. The molecule has 0 aliphatic heterocycles. The summed E-state index contributed by atoms with van der Waals surface area (Å²) in [7, 11) is 1.47. The number of nitrogens with one attached hydrogen (secondary N) is 1. The minimum absolute atomic E-state index is 0.305. The highest BCUT2D eigenvalue weighted by Gasteiger charge is 2.14. The zero-order valence-electron chi connectivity index (χ0n) is 11.1. The summed E-state index contributed by atoms with van der Waals surface area (Å²) in [6.07, 6.45) is 0. The van der Waals surface area contributed by atoms with Crippen LogP contribution in [0.1, 0.15) is 0 Å². The van der Waals surface area contributed by atoms with Crippen LogP contribution in [0.4, 0.5) is 0 Å². The molecule has 2 aromatic carbocycles. The molecule has 3 rings (SSSR count). The van der Waals surface area contributed by atoms with Gasteiger partial charge in [0, 0.05) is 0 Å². The normalized spacial score (nSPS) is 10.8. The Kier molecular flexibility index (Phi) is 3.27. The Morgan fingerprint density at radius 2 is 1.86 bits per heavy atom. The monoisotopic (exact) mass is 302 g/mol. The topological polar surface area (TPSA) is 64.1 Å². The van der Waals surface area contributed by atoms with Gasteiger partial charge in [0.25, 0.3) is 5.56 Å². The molecule has 1 N–H and O–H groups in total. The molecule has 6 heteroatoms. The Morgan fingerprint density at radius 3 is 2.57 bits per heavy atom. The number of halogens is 1. The number of aromatic nitrogens is 2. The maximum atomic E-state index is 12.7. The van der Waals surface area contributed by atoms with Gasteiger partial charge in [-0.2, -0.15) is 0 Å². The van der Waals surface area contributed by atoms with E-state index >= 15 is 0 Å². The van der Waals surface area contributed by atoms with Crippen molar-refractivity contribution in [3.8, 4) is 11.4 Å². The van der Waals surface area contributed by atoms with Crippen molar-refractivity contribution < 1.29 is 4.74 Å². The van der Waals surface area contributed by atoms with Gasteiger partial charge in [-0.25, -0.2) is 9.36 Å². The summed E-state index contributed by atoms with van der Waals surface area (Å²) in [6.45, 7) is 0. The van der Waals surface area contributed by atoms with E-state index in [0.29, 0.717) is 27.4 Å². The van der Waals surface area contributed by atoms with E-state index in [2.05, 4.69) is 4.98 Å². The van der Waals surface area contributed by atoms with Gasteiger partial charge in [-0.1, -0.05) is 29.8 Å². The second-order valence-corrected chi connectivity index (χ2v) is 4.81. The van der Waals surface area contributed by atoms with Crippen LogP contribution >= 0.6 is 11.6 Å². The summed E-state index contributed by atoms with van der Waals surface area (Å²) in [5.74, 6) is 0.398. The first-order valence-corrected chi connectivity index (χ1v) is 6.58. The van der Waals surface area contributed by atoms with Crippen molar-refractivity contribution in [1.29, 1.82) is 0 Å². The number of ether oxygens (including phenoxy) is 1. The van der Waals surface area contributed by atoms with Crippen molar-refractivity contribution in [2.75, 3.05) is 7.11 Å². The fourth-order valence-corrected chi connectivity index (χ4v) is 2.47. The molecule has 5 nitrogen and oxygen atoms in total. The molecular formula is C15H11ClN2O3. The van der Waals surface area contributed by atoms with Gasteiger partial charge in [0.1, 0.15) is 11.1 Å². The van der Waals surface area contributed by atoms with Gasteiger partial charge in [0.2, 0.25) is 0 Å². The van der Waals surface area contributed by atoms with Crippen LogP contribution in [0.3, 0.4) is 0 Å². The average molecular weight is 303 g/mol. The number of para-hydroxylation sites is 1. The molecule has 0 saturated heterocycles. The Bertz CT molecular complexity index is 944. The zero-order valence-corrected chi connectivity index (χ0v) is 11.8. The summed E-state index contributed by atoms with van der Waals surface area (Å²) in [5, 5.41) is 0.624. The average Bonchev–Trinajstić information content (AvgIpc) is 2.48. The lowest BCUT2D eigenvalue weighted by molar-refractivity contribution is 0.419. The van der Waals surface area contributed by atoms with E-state index in [-0.39, 0.29) is 0 Å². The number of methoxy groups -OCH3 is 1. The molecule has 0 unspecified atom stereocenters. The van der Waals surface area contributed by atoms with Crippen molar-refractivity contribution in [2.24, 2.45) is 0 Å². The van der Waals surface area contributed by atoms with Gasteiger partial charge in [-0.15, -0.1) is 0 Å². The third-order valence-corrected chi connectivity index (χ3v) is 3.52. The SMILES string of the molecule is COc1cccc2[nH]c(=O)n(-c3ccccc3Cl)c(=O)c12. The predicted octanol–water partition coefficient (Wildman–Crippen LogP) is 2.34. The van der Waals surface area contributed by atoms with Crippen molar-refractivity contribution in [2.45, 2.75) is 0 Å². The van der Waals surface area contributed by atoms with Crippen LogP contribution in [0.25, 0.3) is 16.6 Å². The van der Waals surface area contributed by atoms with Crippen LogP contribution < -0.4 is 16.0 Å². The number of hydrogen-bond acceptors (Lipinski definition) is 3. The summed E-state index contributed by atoms with van der Waals surface area (Å²) in [5.41, 5.74) is -0.265. The second kappa shape index (κ2) is 5.10. The highest BCUT2D eigenvalue weighted by atomic mass is 35.5. The second-order valence-electron chi connectivity index (χ2n) is 4.40. The lowest BCUT2D eigenvalue weighted by atomic mass is 10.2. The van der Waals surface area contributed by atoms with E-state index < -0.39 is 11.2 Å². The van der Waals surface area contributed by atoms with Crippen LogP contribution in [-0.4, -0.2) is 16.7 Å². The van der Waals surface area contributed by atoms with Gasteiger partial charge < -0.3 is 9.72 Å². The number of hydrogen-bond donors (Lipinski definition) is 1. The fraction of sp³-hybridized carbons (Fsp3) is 0.0667. The van der Waals surface area contributed by atoms with Crippen LogP contribution in [0.2, 0.25) is 5.02 Å². The molecular weight excluding hydrogens is 292 g/mol. The van der Waals surface area contributed by atoms with E-state index in [1.165, 1.54) is 7.11 Å². The molecule has 3 aromatic rings. The molecule has 0 atom stereocenters. The molecule has 0 fully saturated rings. The summed E-state index contributed by atoms with van der Waals surface area (Å²) in [6, 6.07) is 11.7. The highest BCUT2D eigenvalue weighted by molar-refractivity contribution is 6.32. The maximum Gasteiger partial charge on any atom is 0.333 e. The summed E-state index contributed by atoms with van der Waals surface area (Å²) in [4.78, 5) is 27.6. The minimum Gasteiger partial charge on any atom is -0.496 e. The lowest BCUT2D eigenvalue weighted by Gasteiger charge is -2.10. The Labute approximate surface area is 124 Å². The molecule has 0 aliphatic carbocycles. The molecule has 1 heterocycles. The Balaban J connectivity index is 2.48. The number of rotatable bonds is 2. The van der Waals surface area contributed by atoms with Crippen LogP contribution in [-0.2, 0) is 0 Å². The van der Waals surface area contributed by atoms with Crippen LogP contribution in [0.5, 0.6) is 5.75 Å². The molecule has 0 aliphatic rings. The van der Waals surface area contributed by atoms with Crippen molar-refractivity contribution in [3.63, 3.8) is 0 Å². The van der Waals surface area contributed by atoms with E-state index in [9.17, 15) is 9.59 Å². The van der Waals surface area contributed by atoms with Crippen LogP contribution in [0, 0.1) is 0 Å². The van der Waals surface area contributed by atoms with E-state index in [1.807, 2.05) is 0 Å². The molecule has 0 radical (unpaired) electrons. The van der Waals surface area contributed by atoms with Crippen molar-refractivity contribution >= 4 is 22.5 Å². The molecule has 0 saturated carbocycles. The standard InChI is InChI=1S/C15H11ClN2O3/c1-21-12-8-4-6-10-13(12)14(19)18(15(20)17-10)11-7-3-2-5-9(11)16/h2-8H,1H3,(H,17,20). The van der Waals surface area contributed by atoms with Crippen molar-refractivity contribution in [1.82, 2.24) is 9.55 Å². The van der Waals surface area contributed by atoms with E-state index in [1.54, 1.807) is 42.5 Å². The minimum atomic E-state index is -0.547. The van der Waals surface area contributed by atoms with Gasteiger partial charge >= 0.3 is 5.69 Å². The third-order valence-electron chi connectivity index (χ3n) is 3.20. The van der Waals surface area contributed by atoms with Gasteiger partial charge in [0.05, 0.1) is 23.3 Å². The highest BCUT2D eigenvalue weighted by Crippen LogP contribution is 2.21. The number of aromatic amines is 1. The molecule has 21 heavy (non-hydrogen) atoms. The Hall–Kier alpha value is -2.53. The quantitative estimate of drug-likeness (QED) is 0.790. The molecule has 0 spiro atoms. The first-order chi connectivity index (χ1) is 10.1. The van der Waals surface area contributed by atoms with E-state index in [4.69, 9.17) is 16.3 Å². The van der Waals surface area contributed by atoms with Crippen molar-refractivity contribution in [3.05, 3.63) is 68.3 Å². The van der Waals surface area contributed by atoms with Gasteiger partial charge in [-0.05, 0) is 24.3 Å². The maximum absolute atomic E-state index is 12.7. The molecule has 106 valence electrons. The number of H-pyrrole nitrogens is 1. The third kappa shape index (κ3) is 2.11. The Morgan fingerprint density at radius 1 is 1.10 bits per heavy atom. The first kappa shape index (κ1) is 13.5. The van der Waals surface area contributed by atoms with Gasteiger partial charge in [-0.3, -0.25) is 4.79 Å². The molecule has 1 aromatic heterocycles. The number of fused-ring (bicyclic) bond motifs is 1. The lowest BCUT2D eigenvalue weighted by Crippen LogP contribution is -2.33. The largest absolute Gasteiger partial charge is 0.496 e. The van der Waals surface area contributed by atoms with Crippen LogP contribution in [0.15, 0.2) is 52.1 Å². The smallest absolute Gasteiger partial charge is 0.333 e. The predicted molar refractivity (Wildman–Crippen MR) is 81.7 cm³/mol. The first-order valence-electron chi connectivity index (χ1n) is 6.20.